The maximum atomic E-state index is 12.9. The molecule has 0 atom stereocenters. The van der Waals surface area contributed by atoms with Gasteiger partial charge in [0.25, 0.3) is 11.0 Å². The number of hydrogen-bond acceptors (Lipinski definition) is 2. The van der Waals surface area contributed by atoms with Crippen LogP contribution in [0.25, 0.3) is 22.3 Å². The molecule has 4 rings (SSSR count). The molecular weight excluding hydrogens is 647 g/mol. The standard InChI is InChI=1S/C23H19Cl2NO2.I2/c1-23(2)12-17-18(14-6-4-3-5-7-14)19(15-8-10-16(24)11-9-15)20(26(17)13-23)21(27)22(25)28;1-2/h3-11H,12-13H2,1-2H3;. The lowest BCUT2D eigenvalue weighted by Crippen LogP contribution is -2.18. The molecule has 7 heteroatoms. The molecule has 0 saturated heterocycles. The van der Waals surface area contributed by atoms with E-state index in [2.05, 4.69) is 51.1 Å². The Morgan fingerprint density at radius 1 is 0.933 bits per heavy atom. The number of halogens is 4. The molecule has 156 valence electrons. The third kappa shape index (κ3) is 4.64. The van der Waals surface area contributed by atoms with Gasteiger partial charge in [0.15, 0.2) is 0 Å². The number of Topliss-reactive ketones (excluding diaryl/α,β-unsaturated/α-hetero) is 1. The minimum atomic E-state index is -0.972. The number of benzene rings is 2. The van der Waals surface area contributed by atoms with Gasteiger partial charge in [-0.15, -0.1) is 0 Å². The molecule has 0 fully saturated rings. The first-order chi connectivity index (χ1) is 14.3. The fourth-order valence-electron chi connectivity index (χ4n) is 4.11. The molecule has 0 N–H and O–H groups in total. The topological polar surface area (TPSA) is 39.1 Å². The number of carbonyl (C=O) groups excluding carboxylic acids is 2. The van der Waals surface area contributed by atoms with Crippen LogP contribution < -0.4 is 0 Å². The van der Waals surface area contributed by atoms with Crippen molar-refractivity contribution in [3.05, 3.63) is 71.0 Å². The van der Waals surface area contributed by atoms with Gasteiger partial charge in [0.05, 0.1) is 0 Å². The Morgan fingerprint density at radius 2 is 1.50 bits per heavy atom. The van der Waals surface area contributed by atoms with Crippen molar-refractivity contribution in [3.8, 4) is 22.3 Å². The Labute approximate surface area is 209 Å². The Balaban J connectivity index is 0.00000124. The molecule has 1 aliphatic heterocycles. The first-order valence-corrected chi connectivity index (χ1v) is 16.3. The summed E-state index contributed by atoms with van der Waals surface area (Å²) in [5, 5.41) is -0.362. The summed E-state index contributed by atoms with van der Waals surface area (Å²) in [6.45, 7) is 4.97. The van der Waals surface area contributed by atoms with Crippen molar-refractivity contribution in [1.29, 1.82) is 0 Å². The predicted molar refractivity (Wildman–Crippen MR) is 141 cm³/mol. The summed E-state index contributed by atoms with van der Waals surface area (Å²) in [5.41, 5.74) is 4.98. The van der Waals surface area contributed by atoms with Gasteiger partial charge in [-0.1, -0.05) is 67.9 Å². The summed E-state index contributed by atoms with van der Waals surface area (Å²) in [4.78, 5) is 24.8. The molecule has 2 heterocycles. The maximum Gasteiger partial charge on any atom is 0.294 e. The van der Waals surface area contributed by atoms with Crippen LogP contribution in [0.2, 0.25) is 5.02 Å². The van der Waals surface area contributed by atoms with Crippen LogP contribution in [0.5, 0.6) is 0 Å². The first kappa shape index (κ1) is 23.8. The Morgan fingerprint density at radius 3 is 2.07 bits per heavy atom. The molecule has 2 aromatic carbocycles. The molecule has 30 heavy (non-hydrogen) atoms. The van der Waals surface area contributed by atoms with Crippen molar-refractivity contribution < 1.29 is 9.59 Å². The van der Waals surface area contributed by atoms with E-state index in [1.165, 1.54) is 0 Å². The lowest BCUT2D eigenvalue weighted by molar-refractivity contribution is -0.108. The molecule has 1 aliphatic rings. The quantitative estimate of drug-likeness (QED) is 0.124. The summed E-state index contributed by atoms with van der Waals surface area (Å²) >= 11 is 16.0. The third-order valence-electron chi connectivity index (χ3n) is 5.19. The number of fused-ring (bicyclic) bond motifs is 1. The van der Waals surface area contributed by atoms with Crippen LogP contribution in [-0.4, -0.2) is 15.6 Å². The van der Waals surface area contributed by atoms with Crippen LogP contribution in [0.1, 0.15) is 30.0 Å². The second-order valence-corrected chi connectivity index (χ2v) is 8.73. The number of rotatable bonds is 4. The first-order valence-electron chi connectivity index (χ1n) is 9.24. The summed E-state index contributed by atoms with van der Waals surface area (Å²) in [6, 6.07) is 17.3. The second-order valence-electron chi connectivity index (χ2n) is 7.95. The van der Waals surface area contributed by atoms with Gasteiger partial charge in [-0.3, -0.25) is 9.59 Å². The fraction of sp³-hybridized carbons (Fsp3) is 0.217. The summed E-state index contributed by atoms with van der Waals surface area (Å²) in [7, 11) is 0. The maximum absolute atomic E-state index is 12.9. The molecule has 3 aromatic rings. The number of hydrogen-bond donors (Lipinski definition) is 0. The largest absolute Gasteiger partial charge is 0.340 e. The molecule has 0 amide bonds. The van der Waals surface area contributed by atoms with Crippen LogP contribution in [0.4, 0.5) is 0 Å². The van der Waals surface area contributed by atoms with Gasteiger partial charge in [-0.2, -0.15) is 0 Å². The van der Waals surface area contributed by atoms with Crippen molar-refractivity contribution in [1.82, 2.24) is 4.57 Å². The summed E-state index contributed by atoms with van der Waals surface area (Å²) < 4.78 is 1.98. The molecule has 0 radical (unpaired) electrons. The van der Waals surface area contributed by atoms with E-state index in [-0.39, 0.29) is 5.41 Å². The average molecular weight is 666 g/mol. The van der Waals surface area contributed by atoms with Gasteiger partial charge < -0.3 is 4.57 Å². The molecule has 0 aliphatic carbocycles. The SMILES string of the molecule is CC1(C)Cc2c(-c3ccccc3)c(-c3ccc(Cl)cc3)c(C(=O)C(=O)Cl)n2C1.II. The highest BCUT2D eigenvalue weighted by molar-refractivity contribution is 15.0. The van der Waals surface area contributed by atoms with Gasteiger partial charge in [-0.05, 0) is 46.7 Å². The Hall–Kier alpha value is -0.900. The van der Waals surface area contributed by atoms with Crippen molar-refractivity contribution in [2.45, 2.75) is 26.8 Å². The molecule has 3 nitrogen and oxygen atoms in total. The Bertz CT molecular complexity index is 1090. The van der Waals surface area contributed by atoms with E-state index in [0.717, 1.165) is 34.4 Å². The second kappa shape index (κ2) is 9.71. The highest BCUT2D eigenvalue weighted by atomic mass is 128. The highest BCUT2D eigenvalue weighted by Gasteiger charge is 2.38. The van der Waals surface area contributed by atoms with E-state index in [1.807, 2.05) is 47.0 Å². The number of ketones is 1. The smallest absolute Gasteiger partial charge is 0.294 e. The van der Waals surface area contributed by atoms with E-state index < -0.39 is 11.0 Å². The van der Waals surface area contributed by atoms with Crippen molar-refractivity contribution in [2.24, 2.45) is 5.41 Å². The molecular formula is C23H19Cl2I2NO2. The highest BCUT2D eigenvalue weighted by Crippen LogP contribution is 2.47. The molecule has 0 unspecified atom stereocenters. The van der Waals surface area contributed by atoms with E-state index in [9.17, 15) is 9.59 Å². The monoisotopic (exact) mass is 665 g/mol. The number of aromatic nitrogens is 1. The van der Waals surface area contributed by atoms with Crippen LogP contribution in [0.15, 0.2) is 54.6 Å². The summed E-state index contributed by atoms with van der Waals surface area (Å²) in [6.07, 6.45) is 0.807. The molecule has 0 spiro atoms. The minimum absolute atomic E-state index is 0.0121. The van der Waals surface area contributed by atoms with Gasteiger partial charge in [0.2, 0.25) is 0 Å². The van der Waals surface area contributed by atoms with Gasteiger partial charge in [0, 0.05) is 65.6 Å². The lowest BCUT2D eigenvalue weighted by Gasteiger charge is -2.18. The molecule has 0 saturated carbocycles. The van der Waals surface area contributed by atoms with Crippen molar-refractivity contribution in [3.63, 3.8) is 0 Å². The van der Waals surface area contributed by atoms with Crippen molar-refractivity contribution >= 4 is 71.5 Å². The van der Waals surface area contributed by atoms with E-state index in [0.29, 0.717) is 17.3 Å². The average Bonchev–Trinajstić information content (AvgIpc) is 3.20. The van der Waals surface area contributed by atoms with Crippen LogP contribution in [0.3, 0.4) is 0 Å². The third-order valence-corrected chi connectivity index (χ3v) is 5.62. The zero-order chi connectivity index (χ0) is 22.1. The van der Waals surface area contributed by atoms with Crippen LogP contribution >= 0.6 is 60.4 Å². The number of carbonyl (C=O) groups is 2. The number of nitrogens with zero attached hydrogens (tertiary/aromatic N) is 1. The zero-order valence-corrected chi connectivity index (χ0v) is 22.2. The van der Waals surface area contributed by atoms with Gasteiger partial charge >= 0.3 is 0 Å². The van der Waals surface area contributed by atoms with Crippen molar-refractivity contribution in [2.75, 3.05) is 0 Å². The van der Waals surface area contributed by atoms with Gasteiger partial charge in [0.1, 0.15) is 5.69 Å². The normalized spacial score (nSPS) is 13.9. The zero-order valence-electron chi connectivity index (χ0n) is 16.4. The summed E-state index contributed by atoms with van der Waals surface area (Å²) in [5.74, 6) is -0.673. The van der Waals surface area contributed by atoms with Crippen LogP contribution in [0, 0.1) is 5.41 Å². The van der Waals surface area contributed by atoms with E-state index in [1.54, 1.807) is 12.1 Å². The minimum Gasteiger partial charge on any atom is -0.340 e. The molecule has 1 aromatic heterocycles. The molecule has 0 bridgehead atoms. The van der Waals surface area contributed by atoms with E-state index in [4.69, 9.17) is 23.2 Å². The Kier molecular flexibility index (Phi) is 7.69. The van der Waals surface area contributed by atoms with E-state index >= 15 is 0 Å². The van der Waals surface area contributed by atoms with Crippen LogP contribution in [-0.2, 0) is 17.8 Å². The fourth-order valence-corrected chi connectivity index (χ4v) is 4.32. The predicted octanol–water partition coefficient (Wildman–Crippen LogP) is 7.78. The van der Waals surface area contributed by atoms with Gasteiger partial charge in [-0.25, -0.2) is 0 Å². The lowest BCUT2D eigenvalue weighted by atomic mass is 9.86.